The second kappa shape index (κ2) is 8.21. The van der Waals surface area contributed by atoms with Crippen molar-refractivity contribution < 1.29 is 22.7 Å². The second-order valence-electron chi connectivity index (χ2n) is 7.12. The van der Waals surface area contributed by atoms with Crippen molar-refractivity contribution in [2.24, 2.45) is 0 Å². The summed E-state index contributed by atoms with van der Waals surface area (Å²) in [4.78, 5) is 26.7. The summed E-state index contributed by atoms with van der Waals surface area (Å²) in [6, 6.07) is 8.26. The highest BCUT2D eigenvalue weighted by atomic mass is 32.2. The van der Waals surface area contributed by atoms with Crippen LogP contribution in [0.5, 0.6) is 5.75 Å². The molecule has 2 aliphatic heterocycles. The first kappa shape index (κ1) is 20.8. The van der Waals surface area contributed by atoms with Gasteiger partial charge in [0.25, 0.3) is 11.8 Å². The van der Waals surface area contributed by atoms with Crippen LogP contribution < -0.4 is 4.74 Å². The van der Waals surface area contributed by atoms with E-state index in [0.29, 0.717) is 23.5 Å². The molecule has 2 amide bonds. The first-order valence-corrected chi connectivity index (χ1v) is 11.2. The van der Waals surface area contributed by atoms with E-state index >= 15 is 0 Å². The molecule has 2 aliphatic rings. The number of carbonyl (C=O) groups excluding carboxylic acids is 2. The van der Waals surface area contributed by atoms with Gasteiger partial charge >= 0.3 is 0 Å². The van der Waals surface area contributed by atoms with Crippen LogP contribution in [-0.4, -0.2) is 49.3 Å². The van der Waals surface area contributed by atoms with Crippen LogP contribution in [0.2, 0.25) is 0 Å². The van der Waals surface area contributed by atoms with Crippen molar-refractivity contribution in [1.29, 1.82) is 5.26 Å². The molecule has 7 nitrogen and oxygen atoms in total. The zero-order chi connectivity index (χ0) is 21.2. The maximum atomic E-state index is 13.1. The summed E-state index contributed by atoms with van der Waals surface area (Å²) in [5, 5.41) is 9.46. The zero-order valence-corrected chi connectivity index (χ0v) is 17.2. The molecule has 1 fully saturated rings. The summed E-state index contributed by atoms with van der Waals surface area (Å²) in [5.41, 5.74) is 1.09. The predicted octanol–water partition coefficient (Wildman–Crippen LogP) is 2.25. The standard InChI is InChI=1S/C21H22N2O5S/c1-3-9-28-17-6-4-15(5-7-17)11-18-14(2)19(12-22)21(25)23(20(18)24)16-8-10-29(26,27)13-16/h4-7,11,16H,3,8-10,13H2,1-2H3/b18-11+/t16-/m0/s1. The molecule has 1 aromatic carbocycles. The van der Waals surface area contributed by atoms with E-state index in [0.717, 1.165) is 11.3 Å². The Morgan fingerprint density at radius 3 is 2.48 bits per heavy atom. The van der Waals surface area contributed by atoms with Gasteiger partial charge in [-0.3, -0.25) is 14.5 Å². The molecule has 8 heteroatoms. The lowest BCUT2D eigenvalue weighted by Gasteiger charge is -2.31. The third-order valence-corrected chi connectivity index (χ3v) is 6.76. The molecule has 0 aliphatic carbocycles. The summed E-state index contributed by atoms with van der Waals surface area (Å²) in [6.07, 6.45) is 2.69. The smallest absolute Gasteiger partial charge is 0.271 e. The number of imide groups is 1. The van der Waals surface area contributed by atoms with E-state index in [1.165, 1.54) is 0 Å². The Morgan fingerprint density at radius 1 is 1.24 bits per heavy atom. The molecular formula is C21H22N2O5S. The minimum atomic E-state index is -3.30. The number of ether oxygens (including phenoxy) is 1. The summed E-state index contributed by atoms with van der Waals surface area (Å²) < 4.78 is 29.2. The quantitative estimate of drug-likeness (QED) is 0.541. The fraction of sp³-hybridized carbons (Fsp3) is 0.381. The second-order valence-corrected chi connectivity index (χ2v) is 9.35. The average Bonchev–Trinajstić information content (AvgIpc) is 3.04. The highest BCUT2D eigenvalue weighted by Gasteiger charge is 2.43. The topological polar surface area (TPSA) is 105 Å². The van der Waals surface area contributed by atoms with E-state index in [9.17, 15) is 23.3 Å². The van der Waals surface area contributed by atoms with Crippen LogP contribution in [0, 0.1) is 11.3 Å². The fourth-order valence-electron chi connectivity index (χ4n) is 3.46. The van der Waals surface area contributed by atoms with Crippen LogP contribution in [-0.2, 0) is 19.4 Å². The highest BCUT2D eigenvalue weighted by Crippen LogP contribution is 2.31. The first-order valence-electron chi connectivity index (χ1n) is 9.41. The van der Waals surface area contributed by atoms with E-state index in [2.05, 4.69) is 0 Å². The molecule has 1 atom stereocenters. The predicted molar refractivity (Wildman–Crippen MR) is 107 cm³/mol. The Bertz CT molecular complexity index is 1050. The van der Waals surface area contributed by atoms with Gasteiger partial charge < -0.3 is 4.74 Å². The largest absolute Gasteiger partial charge is 0.494 e. The number of hydrogen-bond donors (Lipinski definition) is 0. The Balaban J connectivity index is 1.97. The Kier molecular flexibility index (Phi) is 5.89. The minimum absolute atomic E-state index is 0.0718. The maximum absolute atomic E-state index is 13.1. The van der Waals surface area contributed by atoms with Gasteiger partial charge in [-0.2, -0.15) is 5.26 Å². The van der Waals surface area contributed by atoms with Crippen LogP contribution in [0.25, 0.3) is 6.08 Å². The normalized spacial score (nSPS) is 22.9. The number of hydrogen-bond acceptors (Lipinski definition) is 6. The van der Waals surface area contributed by atoms with Crippen LogP contribution in [0.3, 0.4) is 0 Å². The third-order valence-electron chi connectivity index (χ3n) is 5.01. The lowest BCUT2D eigenvalue weighted by atomic mass is 9.92. The molecule has 0 spiro atoms. The molecule has 3 rings (SSSR count). The molecule has 0 saturated carbocycles. The lowest BCUT2D eigenvalue weighted by Crippen LogP contribution is -2.49. The molecule has 152 valence electrons. The van der Waals surface area contributed by atoms with E-state index in [1.54, 1.807) is 37.3 Å². The first-order chi connectivity index (χ1) is 13.8. The van der Waals surface area contributed by atoms with Crippen LogP contribution in [0.15, 0.2) is 41.0 Å². The van der Waals surface area contributed by atoms with Gasteiger partial charge in [-0.1, -0.05) is 19.1 Å². The highest BCUT2D eigenvalue weighted by molar-refractivity contribution is 7.91. The molecule has 0 aromatic heterocycles. The van der Waals surface area contributed by atoms with Gasteiger partial charge in [0.05, 0.1) is 24.2 Å². The number of rotatable bonds is 5. The van der Waals surface area contributed by atoms with Crippen LogP contribution in [0.4, 0.5) is 0 Å². The molecular weight excluding hydrogens is 392 g/mol. The zero-order valence-electron chi connectivity index (χ0n) is 16.3. The SMILES string of the molecule is CCCOc1ccc(/C=C2/C(=O)N([C@H]3CCS(=O)(=O)C3)C(=O)C(C#N)=C2C)cc1. The van der Waals surface area contributed by atoms with Crippen molar-refractivity contribution in [3.63, 3.8) is 0 Å². The van der Waals surface area contributed by atoms with Crippen molar-refractivity contribution >= 4 is 27.7 Å². The average molecular weight is 414 g/mol. The third kappa shape index (κ3) is 4.25. The number of nitriles is 1. The summed E-state index contributed by atoms with van der Waals surface area (Å²) >= 11 is 0. The van der Waals surface area contributed by atoms with Gasteiger partial charge in [0, 0.05) is 5.57 Å². The monoisotopic (exact) mass is 414 g/mol. The van der Waals surface area contributed by atoms with Crippen molar-refractivity contribution in [2.75, 3.05) is 18.1 Å². The van der Waals surface area contributed by atoms with E-state index in [-0.39, 0.29) is 29.1 Å². The molecule has 1 aromatic rings. The molecule has 0 N–H and O–H groups in total. The van der Waals surface area contributed by atoms with Crippen molar-refractivity contribution in [2.45, 2.75) is 32.7 Å². The van der Waals surface area contributed by atoms with Crippen molar-refractivity contribution in [3.8, 4) is 11.8 Å². The van der Waals surface area contributed by atoms with Gasteiger partial charge in [-0.15, -0.1) is 0 Å². The molecule has 0 bridgehead atoms. The van der Waals surface area contributed by atoms with Crippen molar-refractivity contribution in [1.82, 2.24) is 4.90 Å². The number of amides is 2. The Morgan fingerprint density at radius 2 is 1.93 bits per heavy atom. The van der Waals surface area contributed by atoms with Crippen LogP contribution in [0.1, 0.15) is 32.3 Å². The minimum Gasteiger partial charge on any atom is -0.494 e. The maximum Gasteiger partial charge on any atom is 0.271 e. The molecule has 1 saturated heterocycles. The molecule has 2 heterocycles. The Labute approximate surface area is 170 Å². The number of carbonyl (C=O) groups is 2. The summed E-state index contributed by atoms with van der Waals surface area (Å²) in [7, 11) is -3.30. The van der Waals surface area contributed by atoms with Gasteiger partial charge in [-0.25, -0.2) is 8.42 Å². The van der Waals surface area contributed by atoms with Crippen molar-refractivity contribution in [3.05, 3.63) is 46.5 Å². The lowest BCUT2D eigenvalue weighted by molar-refractivity contribution is -0.142. The molecule has 0 unspecified atom stereocenters. The Hall–Kier alpha value is -2.92. The fourth-order valence-corrected chi connectivity index (χ4v) is 5.16. The van der Waals surface area contributed by atoms with E-state index in [1.807, 2.05) is 13.0 Å². The number of nitrogens with zero attached hydrogens (tertiary/aromatic N) is 2. The van der Waals surface area contributed by atoms with Gasteiger partial charge in [0.1, 0.15) is 17.4 Å². The molecule has 29 heavy (non-hydrogen) atoms. The molecule has 0 radical (unpaired) electrons. The number of sulfone groups is 1. The number of benzene rings is 1. The van der Waals surface area contributed by atoms with Gasteiger partial charge in [0.2, 0.25) is 0 Å². The van der Waals surface area contributed by atoms with Gasteiger partial charge in [-0.05, 0) is 49.1 Å². The summed E-state index contributed by atoms with van der Waals surface area (Å²) in [5.74, 6) is -0.921. The van der Waals surface area contributed by atoms with Gasteiger partial charge in [0.15, 0.2) is 9.84 Å². The van der Waals surface area contributed by atoms with Crippen LogP contribution >= 0.6 is 0 Å². The van der Waals surface area contributed by atoms with E-state index < -0.39 is 27.7 Å². The van der Waals surface area contributed by atoms with E-state index in [4.69, 9.17) is 4.74 Å². The summed E-state index contributed by atoms with van der Waals surface area (Å²) in [6.45, 7) is 4.17.